The Bertz CT molecular complexity index is 750. The van der Waals surface area contributed by atoms with Crippen LogP contribution in [0.25, 0.3) is 0 Å². The van der Waals surface area contributed by atoms with E-state index in [1.54, 1.807) is 37.3 Å². The zero-order chi connectivity index (χ0) is 17.5. The Labute approximate surface area is 146 Å². The Morgan fingerprint density at radius 1 is 1.25 bits per heavy atom. The van der Waals surface area contributed by atoms with Crippen molar-refractivity contribution in [2.45, 2.75) is 20.4 Å². The zero-order valence-corrected chi connectivity index (χ0v) is 14.4. The molecule has 0 saturated heterocycles. The van der Waals surface area contributed by atoms with Gasteiger partial charge in [0.25, 0.3) is 0 Å². The van der Waals surface area contributed by atoms with Gasteiger partial charge >= 0.3 is 5.97 Å². The van der Waals surface area contributed by atoms with Gasteiger partial charge in [-0.25, -0.2) is 9.18 Å². The molecule has 6 heteroatoms. The molecular weight excluding hydrogens is 327 g/mol. The third kappa shape index (κ3) is 5.03. The molecule has 2 aromatic rings. The van der Waals surface area contributed by atoms with Crippen molar-refractivity contribution in [3.63, 3.8) is 0 Å². The summed E-state index contributed by atoms with van der Waals surface area (Å²) in [7, 11) is 0. The van der Waals surface area contributed by atoms with Gasteiger partial charge in [0, 0.05) is 12.2 Å². The molecule has 24 heavy (non-hydrogen) atoms. The fourth-order valence-corrected chi connectivity index (χ4v) is 2.31. The minimum atomic E-state index is -0.379. The smallest absolute Gasteiger partial charge is 0.338 e. The van der Waals surface area contributed by atoms with Gasteiger partial charge in [0.2, 0.25) is 0 Å². The Kier molecular flexibility index (Phi) is 6.26. The molecule has 0 amide bonds. The number of aryl methyl sites for hydroxylation is 1. The molecule has 126 valence electrons. The molecule has 2 aromatic carbocycles. The highest BCUT2D eigenvalue weighted by Gasteiger charge is 2.07. The summed E-state index contributed by atoms with van der Waals surface area (Å²) < 4.78 is 18.2. The normalized spacial score (nSPS) is 10.1. The summed E-state index contributed by atoms with van der Waals surface area (Å²) >= 11 is 5.24. The highest BCUT2D eigenvalue weighted by atomic mass is 32.1. The van der Waals surface area contributed by atoms with Crippen LogP contribution in [-0.4, -0.2) is 17.7 Å². The molecule has 0 atom stereocenters. The number of ether oxygens (including phenoxy) is 1. The Morgan fingerprint density at radius 2 is 2.04 bits per heavy atom. The van der Waals surface area contributed by atoms with E-state index in [4.69, 9.17) is 17.0 Å². The van der Waals surface area contributed by atoms with Crippen LogP contribution < -0.4 is 10.6 Å². The quantitative estimate of drug-likeness (QED) is 0.637. The largest absolute Gasteiger partial charge is 0.462 e. The van der Waals surface area contributed by atoms with Crippen LogP contribution in [-0.2, 0) is 11.3 Å². The average molecular weight is 346 g/mol. The maximum absolute atomic E-state index is 13.3. The molecule has 0 radical (unpaired) electrons. The number of esters is 1. The first kappa shape index (κ1) is 17.9. The van der Waals surface area contributed by atoms with Gasteiger partial charge < -0.3 is 15.4 Å². The van der Waals surface area contributed by atoms with Crippen molar-refractivity contribution in [3.05, 3.63) is 65.0 Å². The maximum Gasteiger partial charge on any atom is 0.338 e. The summed E-state index contributed by atoms with van der Waals surface area (Å²) in [5.41, 5.74) is 2.94. The van der Waals surface area contributed by atoms with Gasteiger partial charge in [-0.3, -0.25) is 0 Å². The number of rotatable bonds is 5. The van der Waals surface area contributed by atoms with E-state index < -0.39 is 0 Å². The number of hydrogen-bond acceptors (Lipinski definition) is 3. The summed E-state index contributed by atoms with van der Waals surface area (Å²) in [6, 6.07) is 11.5. The standard InChI is InChI=1S/C18H19FN2O2S/c1-3-23-17(22)13-5-4-6-16(10-13)21-18(24)20-11-14-9-15(19)8-7-12(14)2/h4-10H,3,11H2,1-2H3,(H2,20,21,24). The molecule has 0 aromatic heterocycles. The van der Waals surface area contributed by atoms with Gasteiger partial charge in [-0.05, 0) is 67.5 Å². The van der Waals surface area contributed by atoms with E-state index in [0.29, 0.717) is 29.5 Å². The second-order valence-electron chi connectivity index (χ2n) is 5.18. The predicted molar refractivity (Wildman–Crippen MR) is 96.6 cm³/mol. The Hall–Kier alpha value is -2.47. The van der Waals surface area contributed by atoms with E-state index in [-0.39, 0.29) is 11.8 Å². The van der Waals surface area contributed by atoms with Crippen molar-refractivity contribution in [1.82, 2.24) is 5.32 Å². The fourth-order valence-electron chi connectivity index (χ4n) is 2.12. The van der Waals surface area contributed by atoms with E-state index in [9.17, 15) is 9.18 Å². The van der Waals surface area contributed by atoms with Crippen molar-refractivity contribution in [2.75, 3.05) is 11.9 Å². The van der Waals surface area contributed by atoms with Crippen molar-refractivity contribution < 1.29 is 13.9 Å². The summed E-state index contributed by atoms with van der Waals surface area (Å²) in [6.07, 6.45) is 0. The molecule has 0 saturated carbocycles. The number of benzene rings is 2. The topological polar surface area (TPSA) is 50.4 Å². The number of carbonyl (C=O) groups is 1. The maximum atomic E-state index is 13.3. The number of nitrogens with one attached hydrogen (secondary N) is 2. The van der Waals surface area contributed by atoms with Crippen molar-refractivity contribution in [2.24, 2.45) is 0 Å². The monoisotopic (exact) mass is 346 g/mol. The van der Waals surface area contributed by atoms with E-state index in [2.05, 4.69) is 10.6 Å². The summed E-state index contributed by atoms with van der Waals surface area (Å²) in [4.78, 5) is 11.7. The fraction of sp³-hybridized carbons (Fsp3) is 0.222. The molecule has 0 unspecified atom stereocenters. The Morgan fingerprint density at radius 3 is 2.79 bits per heavy atom. The minimum absolute atomic E-state index is 0.279. The second-order valence-corrected chi connectivity index (χ2v) is 5.59. The first-order valence-corrected chi connectivity index (χ1v) is 7.97. The molecule has 0 aliphatic rings. The number of hydrogen-bond donors (Lipinski definition) is 2. The SMILES string of the molecule is CCOC(=O)c1cccc(NC(=S)NCc2cc(F)ccc2C)c1. The van der Waals surface area contributed by atoms with E-state index in [1.807, 2.05) is 6.92 Å². The van der Waals surface area contributed by atoms with Crippen LogP contribution in [0.1, 0.15) is 28.4 Å². The predicted octanol–water partition coefficient (Wildman–Crippen LogP) is 3.80. The second kappa shape index (κ2) is 8.40. The molecule has 4 nitrogen and oxygen atoms in total. The number of carbonyl (C=O) groups excluding carboxylic acids is 1. The summed E-state index contributed by atoms with van der Waals surface area (Å²) in [5.74, 6) is -0.658. The van der Waals surface area contributed by atoms with Crippen molar-refractivity contribution in [3.8, 4) is 0 Å². The molecule has 2 N–H and O–H groups in total. The molecule has 0 heterocycles. The first-order valence-electron chi connectivity index (χ1n) is 7.56. The van der Waals surface area contributed by atoms with Crippen LogP contribution in [0.5, 0.6) is 0 Å². The molecular formula is C18H19FN2O2S. The molecule has 0 bridgehead atoms. The van der Waals surface area contributed by atoms with Gasteiger partial charge in [-0.15, -0.1) is 0 Å². The van der Waals surface area contributed by atoms with Crippen molar-refractivity contribution in [1.29, 1.82) is 0 Å². The van der Waals surface area contributed by atoms with Crippen LogP contribution in [0.15, 0.2) is 42.5 Å². The molecule has 2 rings (SSSR count). The summed E-state index contributed by atoms with van der Waals surface area (Å²) in [5, 5.41) is 6.42. The number of halogens is 1. The molecule has 0 aliphatic heterocycles. The van der Waals surface area contributed by atoms with Crippen LogP contribution in [0.4, 0.5) is 10.1 Å². The van der Waals surface area contributed by atoms with Gasteiger partial charge in [0.1, 0.15) is 5.82 Å². The third-order valence-corrected chi connectivity index (χ3v) is 3.63. The van der Waals surface area contributed by atoms with Gasteiger partial charge in [-0.2, -0.15) is 0 Å². The van der Waals surface area contributed by atoms with Gasteiger partial charge in [-0.1, -0.05) is 12.1 Å². The lowest BCUT2D eigenvalue weighted by atomic mass is 10.1. The average Bonchev–Trinajstić information content (AvgIpc) is 2.56. The van der Waals surface area contributed by atoms with Gasteiger partial charge in [0.05, 0.1) is 12.2 Å². The molecule has 0 fully saturated rings. The Balaban J connectivity index is 1.96. The highest BCUT2D eigenvalue weighted by Crippen LogP contribution is 2.13. The first-order chi connectivity index (χ1) is 11.5. The third-order valence-electron chi connectivity index (χ3n) is 3.38. The molecule has 0 spiro atoms. The van der Waals surface area contributed by atoms with Crippen LogP contribution in [0.2, 0.25) is 0 Å². The van der Waals surface area contributed by atoms with E-state index in [0.717, 1.165) is 11.1 Å². The highest BCUT2D eigenvalue weighted by molar-refractivity contribution is 7.80. The van der Waals surface area contributed by atoms with Crippen LogP contribution in [0, 0.1) is 12.7 Å². The van der Waals surface area contributed by atoms with Gasteiger partial charge in [0.15, 0.2) is 5.11 Å². The van der Waals surface area contributed by atoms with Crippen LogP contribution in [0.3, 0.4) is 0 Å². The van der Waals surface area contributed by atoms with E-state index >= 15 is 0 Å². The van der Waals surface area contributed by atoms with Crippen molar-refractivity contribution >= 4 is 29.0 Å². The number of anilines is 1. The van der Waals surface area contributed by atoms with E-state index in [1.165, 1.54) is 12.1 Å². The molecule has 0 aliphatic carbocycles. The summed E-state index contributed by atoms with van der Waals surface area (Å²) in [6.45, 7) is 4.40. The lowest BCUT2D eigenvalue weighted by Crippen LogP contribution is -2.28. The minimum Gasteiger partial charge on any atom is -0.462 e. The van der Waals surface area contributed by atoms with Crippen LogP contribution >= 0.6 is 12.2 Å². The zero-order valence-electron chi connectivity index (χ0n) is 13.6. The lowest BCUT2D eigenvalue weighted by molar-refractivity contribution is 0.0526. The lowest BCUT2D eigenvalue weighted by Gasteiger charge is -2.12. The number of thiocarbonyl (C=S) groups is 1.